The maximum Gasteiger partial charge on any atom is 0.417 e. The molecular weight excluding hydrogens is 456 g/mol. The molecule has 1 atom stereocenters. The molecule has 0 saturated carbocycles. The maximum absolute atomic E-state index is 14.2. The van der Waals surface area contributed by atoms with Crippen LogP contribution in [-0.4, -0.2) is 62.7 Å². The van der Waals surface area contributed by atoms with Crippen molar-refractivity contribution in [2.45, 2.75) is 12.2 Å². The summed E-state index contributed by atoms with van der Waals surface area (Å²) in [5.41, 5.74) is -1.65. The molecule has 1 saturated heterocycles. The molecule has 0 radical (unpaired) electrons. The van der Waals surface area contributed by atoms with Crippen LogP contribution in [0.15, 0.2) is 42.5 Å². The Kier molecular flexibility index (Phi) is 7.73. The summed E-state index contributed by atoms with van der Waals surface area (Å²) >= 11 is 0. The highest BCUT2D eigenvalue weighted by Gasteiger charge is 2.38. The molecule has 2 amide bonds. The highest BCUT2D eigenvalue weighted by molar-refractivity contribution is 5.98. The molecule has 0 aromatic heterocycles. The number of nitrogens with zero attached hydrogens (tertiary/aromatic N) is 3. The molecule has 7 nitrogen and oxygen atoms in total. The summed E-state index contributed by atoms with van der Waals surface area (Å²) in [6, 6.07) is 9.09. The first-order valence-electron chi connectivity index (χ1n) is 10.4. The van der Waals surface area contributed by atoms with Gasteiger partial charge in [-0.1, -0.05) is 12.1 Å². The van der Waals surface area contributed by atoms with E-state index in [0.29, 0.717) is 0 Å². The number of alkyl halides is 3. The number of anilines is 1. The summed E-state index contributed by atoms with van der Waals surface area (Å²) in [6.07, 6.45) is -4.74. The van der Waals surface area contributed by atoms with Crippen molar-refractivity contribution in [3.8, 4) is 6.07 Å². The number of halogens is 4. The van der Waals surface area contributed by atoms with Crippen LogP contribution >= 0.6 is 0 Å². The van der Waals surface area contributed by atoms with Gasteiger partial charge in [0, 0.05) is 39.0 Å². The molecule has 2 aromatic carbocycles. The fraction of sp³-hybridized carbons (Fsp3) is 0.348. The van der Waals surface area contributed by atoms with E-state index in [1.54, 1.807) is 0 Å². The van der Waals surface area contributed by atoms with Crippen LogP contribution in [0.25, 0.3) is 0 Å². The normalized spacial score (nSPS) is 16.2. The molecule has 2 aromatic rings. The molecule has 1 unspecified atom stereocenters. The molecule has 1 aliphatic rings. The van der Waals surface area contributed by atoms with Crippen molar-refractivity contribution in [2.75, 3.05) is 44.8 Å². The van der Waals surface area contributed by atoms with E-state index in [0.717, 1.165) is 18.2 Å². The van der Waals surface area contributed by atoms with Gasteiger partial charge in [0.05, 0.1) is 29.4 Å². The lowest BCUT2D eigenvalue weighted by molar-refractivity contribution is -0.137. The second-order valence-corrected chi connectivity index (χ2v) is 7.56. The Morgan fingerprint density at radius 3 is 2.59 bits per heavy atom. The van der Waals surface area contributed by atoms with Crippen molar-refractivity contribution in [1.29, 1.82) is 5.26 Å². The first-order chi connectivity index (χ1) is 16.2. The molecule has 34 heavy (non-hydrogen) atoms. The SMILES string of the molecule is COCCNC(=O)C1CN(c2ccc(C#N)c(C(F)(F)F)c2)CCN1C(=O)c1ccccc1F. The van der Waals surface area contributed by atoms with Crippen LogP contribution in [0.3, 0.4) is 0 Å². The minimum Gasteiger partial charge on any atom is -0.383 e. The first kappa shape index (κ1) is 25.0. The van der Waals surface area contributed by atoms with E-state index < -0.39 is 41.0 Å². The minimum absolute atomic E-state index is 0.0309. The van der Waals surface area contributed by atoms with Crippen LogP contribution in [-0.2, 0) is 15.7 Å². The molecule has 0 bridgehead atoms. The number of amides is 2. The summed E-state index contributed by atoms with van der Waals surface area (Å²) in [7, 11) is 1.45. The van der Waals surface area contributed by atoms with Crippen LogP contribution in [0.4, 0.5) is 23.2 Å². The highest BCUT2D eigenvalue weighted by Crippen LogP contribution is 2.35. The van der Waals surface area contributed by atoms with Crippen molar-refractivity contribution in [1.82, 2.24) is 10.2 Å². The van der Waals surface area contributed by atoms with E-state index >= 15 is 0 Å². The smallest absolute Gasteiger partial charge is 0.383 e. The monoisotopic (exact) mass is 478 g/mol. The summed E-state index contributed by atoms with van der Waals surface area (Å²) in [4.78, 5) is 28.7. The van der Waals surface area contributed by atoms with E-state index in [4.69, 9.17) is 10.00 Å². The third-order valence-corrected chi connectivity index (χ3v) is 5.45. The second kappa shape index (κ2) is 10.5. The van der Waals surface area contributed by atoms with Crippen LogP contribution in [0, 0.1) is 17.1 Å². The van der Waals surface area contributed by atoms with Gasteiger partial charge in [0.1, 0.15) is 11.9 Å². The Labute approximate surface area is 193 Å². The van der Waals surface area contributed by atoms with Crippen LogP contribution in [0.1, 0.15) is 21.5 Å². The minimum atomic E-state index is -4.74. The largest absolute Gasteiger partial charge is 0.417 e. The topological polar surface area (TPSA) is 85.7 Å². The van der Waals surface area contributed by atoms with Crippen LogP contribution in [0.2, 0.25) is 0 Å². The van der Waals surface area contributed by atoms with Crippen molar-refractivity contribution in [2.24, 2.45) is 0 Å². The Balaban J connectivity index is 1.91. The summed E-state index contributed by atoms with van der Waals surface area (Å²) in [6.45, 7) is 0.320. The van der Waals surface area contributed by atoms with Crippen molar-refractivity contribution < 1.29 is 31.9 Å². The number of benzene rings is 2. The number of carbonyl (C=O) groups excluding carboxylic acids is 2. The number of carbonyl (C=O) groups is 2. The molecule has 0 spiro atoms. The number of hydrogen-bond donors (Lipinski definition) is 1. The Hall–Kier alpha value is -3.65. The zero-order valence-corrected chi connectivity index (χ0v) is 18.2. The Bertz CT molecular complexity index is 1100. The van der Waals surface area contributed by atoms with Gasteiger partial charge in [-0.3, -0.25) is 9.59 Å². The number of hydrogen-bond acceptors (Lipinski definition) is 5. The third kappa shape index (κ3) is 5.46. The molecule has 3 rings (SSSR count). The quantitative estimate of drug-likeness (QED) is 0.510. The zero-order chi connectivity index (χ0) is 24.9. The lowest BCUT2D eigenvalue weighted by atomic mass is 10.0. The molecule has 1 aliphatic heterocycles. The molecular formula is C23H22F4N4O3. The first-order valence-corrected chi connectivity index (χ1v) is 10.4. The number of ether oxygens (including phenoxy) is 1. The van der Waals surface area contributed by atoms with Crippen molar-refractivity contribution >= 4 is 17.5 Å². The fourth-order valence-electron chi connectivity index (χ4n) is 3.73. The van der Waals surface area contributed by atoms with Gasteiger partial charge >= 0.3 is 6.18 Å². The molecule has 180 valence electrons. The van der Waals surface area contributed by atoms with Gasteiger partial charge in [0.15, 0.2) is 0 Å². The molecule has 1 heterocycles. The second-order valence-electron chi connectivity index (χ2n) is 7.56. The highest BCUT2D eigenvalue weighted by atomic mass is 19.4. The van der Waals surface area contributed by atoms with Crippen molar-refractivity contribution in [3.63, 3.8) is 0 Å². The van der Waals surface area contributed by atoms with Gasteiger partial charge in [0.2, 0.25) is 5.91 Å². The van der Waals surface area contributed by atoms with Crippen molar-refractivity contribution in [3.05, 3.63) is 65.0 Å². The lowest BCUT2D eigenvalue weighted by Gasteiger charge is -2.41. The predicted octanol–water partition coefficient (Wildman–Crippen LogP) is 2.81. The van der Waals surface area contributed by atoms with E-state index in [-0.39, 0.29) is 44.0 Å². The van der Waals surface area contributed by atoms with Gasteiger partial charge in [-0.05, 0) is 30.3 Å². The molecule has 11 heteroatoms. The predicted molar refractivity (Wildman–Crippen MR) is 114 cm³/mol. The van der Waals surface area contributed by atoms with Gasteiger partial charge in [-0.25, -0.2) is 4.39 Å². The number of nitrogens with one attached hydrogen (secondary N) is 1. The lowest BCUT2D eigenvalue weighted by Crippen LogP contribution is -2.61. The van der Waals surface area contributed by atoms with E-state index in [2.05, 4.69) is 5.32 Å². The zero-order valence-electron chi connectivity index (χ0n) is 18.2. The number of nitriles is 1. The summed E-state index contributed by atoms with van der Waals surface area (Å²) in [5.74, 6) is -1.98. The third-order valence-electron chi connectivity index (χ3n) is 5.45. The van der Waals surface area contributed by atoms with Gasteiger partial charge in [0.25, 0.3) is 5.91 Å². The fourth-order valence-corrected chi connectivity index (χ4v) is 3.73. The van der Waals surface area contributed by atoms with E-state index in [9.17, 15) is 27.2 Å². The number of methoxy groups -OCH3 is 1. The van der Waals surface area contributed by atoms with Crippen LogP contribution < -0.4 is 10.2 Å². The molecule has 1 fully saturated rings. The van der Waals surface area contributed by atoms with E-state index in [1.165, 1.54) is 47.2 Å². The average Bonchev–Trinajstić information content (AvgIpc) is 2.82. The number of piperazine rings is 1. The number of rotatable bonds is 6. The summed E-state index contributed by atoms with van der Waals surface area (Å²) < 4.78 is 59.4. The molecule has 1 N–H and O–H groups in total. The average molecular weight is 478 g/mol. The van der Waals surface area contributed by atoms with Gasteiger partial charge in [-0.15, -0.1) is 0 Å². The van der Waals surface area contributed by atoms with Gasteiger partial charge < -0.3 is 19.9 Å². The van der Waals surface area contributed by atoms with Gasteiger partial charge in [-0.2, -0.15) is 18.4 Å². The maximum atomic E-state index is 14.2. The molecule has 0 aliphatic carbocycles. The van der Waals surface area contributed by atoms with E-state index in [1.807, 2.05) is 0 Å². The Morgan fingerprint density at radius 1 is 1.21 bits per heavy atom. The standard InChI is InChI=1S/C23H22F4N4O3/c1-34-11-8-29-21(32)20-14-30(16-7-6-15(13-28)18(12-16)23(25,26)27)9-10-31(20)22(33)17-4-2-3-5-19(17)24/h2-7,12,20H,8-11,14H2,1H3,(H,29,32). The van der Waals surface area contributed by atoms with Crippen LogP contribution in [0.5, 0.6) is 0 Å². The summed E-state index contributed by atoms with van der Waals surface area (Å²) in [5, 5.41) is 11.7. The Morgan fingerprint density at radius 2 is 1.94 bits per heavy atom.